The smallest absolute Gasteiger partial charge is 0.135 e. The van der Waals surface area contributed by atoms with Gasteiger partial charge in [0.25, 0.3) is 0 Å². The van der Waals surface area contributed by atoms with Crippen LogP contribution in [0.4, 0.5) is 0 Å². The Morgan fingerprint density at radius 1 is 1.24 bits per heavy atom. The molecule has 0 N–H and O–H groups in total. The summed E-state index contributed by atoms with van der Waals surface area (Å²) in [5, 5.41) is 1.14. The lowest BCUT2D eigenvalue weighted by Gasteiger charge is -2.09. The van der Waals surface area contributed by atoms with Gasteiger partial charge in [0, 0.05) is 23.4 Å². The zero-order valence-corrected chi connectivity index (χ0v) is 10.3. The lowest BCUT2D eigenvalue weighted by atomic mass is 9.98. The average molecular weight is 227 g/mol. The maximum absolute atomic E-state index is 11.6. The summed E-state index contributed by atoms with van der Waals surface area (Å²) in [5.74, 6) is 0.369. The number of carbonyl (C=O) groups is 1. The molecule has 0 aliphatic carbocycles. The van der Waals surface area contributed by atoms with Crippen molar-refractivity contribution in [3.05, 3.63) is 42.1 Å². The molecule has 0 radical (unpaired) electrons. The number of hydrogen-bond acceptors (Lipinski definition) is 2. The van der Waals surface area contributed by atoms with Gasteiger partial charge in [-0.25, -0.2) is 0 Å². The number of pyridine rings is 1. The molecule has 0 fully saturated rings. The van der Waals surface area contributed by atoms with Crippen LogP contribution in [0.5, 0.6) is 0 Å². The Kier molecular flexibility index (Phi) is 3.52. The predicted octanol–water partition coefficient (Wildman–Crippen LogP) is 3.39. The van der Waals surface area contributed by atoms with E-state index in [9.17, 15) is 4.79 Å². The molecule has 2 rings (SSSR count). The maximum atomic E-state index is 11.6. The quantitative estimate of drug-likeness (QED) is 0.801. The minimum absolute atomic E-state index is 0.0636. The molecule has 1 atom stereocenters. The lowest BCUT2D eigenvalue weighted by Crippen LogP contribution is -2.13. The summed E-state index contributed by atoms with van der Waals surface area (Å²) in [4.78, 5) is 16.1. The van der Waals surface area contributed by atoms with Gasteiger partial charge in [0.05, 0.1) is 5.52 Å². The zero-order chi connectivity index (χ0) is 12.3. The largest absolute Gasteiger partial charge is 0.299 e. The molecular formula is C15H17NO. The molecule has 0 amide bonds. The lowest BCUT2D eigenvalue weighted by molar-refractivity contribution is -0.122. The number of hydrogen-bond donors (Lipinski definition) is 0. The number of para-hydroxylation sites is 1. The summed E-state index contributed by atoms with van der Waals surface area (Å²) in [7, 11) is 0. The van der Waals surface area contributed by atoms with Crippen molar-refractivity contribution in [1.29, 1.82) is 0 Å². The van der Waals surface area contributed by atoms with Crippen molar-refractivity contribution in [2.45, 2.75) is 26.7 Å². The molecule has 1 aromatic heterocycles. The fourth-order valence-corrected chi connectivity index (χ4v) is 2.00. The van der Waals surface area contributed by atoms with E-state index in [1.807, 2.05) is 44.2 Å². The van der Waals surface area contributed by atoms with Crippen LogP contribution < -0.4 is 0 Å². The highest BCUT2D eigenvalue weighted by Gasteiger charge is 2.12. The first-order valence-corrected chi connectivity index (χ1v) is 6.08. The van der Waals surface area contributed by atoms with Gasteiger partial charge >= 0.3 is 0 Å². The highest BCUT2D eigenvalue weighted by molar-refractivity contribution is 5.81. The molecule has 0 spiro atoms. The molecule has 1 heterocycles. The van der Waals surface area contributed by atoms with Gasteiger partial charge in [-0.05, 0) is 18.6 Å². The van der Waals surface area contributed by atoms with Crippen LogP contribution in [0.2, 0.25) is 0 Å². The summed E-state index contributed by atoms with van der Waals surface area (Å²) in [6, 6.07) is 12.1. The van der Waals surface area contributed by atoms with E-state index >= 15 is 0 Å². The van der Waals surface area contributed by atoms with E-state index in [2.05, 4.69) is 11.1 Å². The average Bonchev–Trinajstić information content (AvgIpc) is 2.37. The van der Waals surface area contributed by atoms with E-state index in [0.717, 1.165) is 23.0 Å². The van der Waals surface area contributed by atoms with Crippen molar-refractivity contribution in [1.82, 2.24) is 4.98 Å². The second-order valence-electron chi connectivity index (χ2n) is 4.42. The second-order valence-corrected chi connectivity index (χ2v) is 4.42. The number of rotatable bonds is 4. The first-order valence-electron chi connectivity index (χ1n) is 6.08. The van der Waals surface area contributed by atoms with Crippen molar-refractivity contribution in [3.63, 3.8) is 0 Å². The molecule has 0 saturated heterocycles. The highest BCUT2D eigenvalue weighted by atomic mass is 16.1. The van der Waals surface area contributed by atoms with Crippen LogP contribution >= 0.6 is 0 Å². The summed E-state index contributed by atoms with van der Waals surface area (Å²) in [5.41, 5.74) is 2.00. The molecule has 0 bridgehead atoms. The third-order valence-corrected chi connectivity index (χ3v) is 3.07. The SMILES string of the molecule is CCC(=O)C(C)Cc1ccc2ccccc2n1. The molecule has 88 valence electrons. The van der Waals surface area contributed by atoms with Crippen LogP contribution in [0.1, 0.15) is 26.0 Å². The van der Waals surface area contributed by atoms with E-state index in [4.69, 9.17) is 0 Å². The van der Waals surface area contributed by atoms with Gasteiger partial charge in [0.2, 0.25) is 0 Å². The summed E-state index contributed by atoms with van der Waals surface area (Å²) in [6.07, 6.45) is 1.34. The van der Waals surface area contributed by atoms with Gasteiger partial charge in [-0.15, -0.1) is 0 Å². The van der Waals surface area contributed by atoms with Crippen molar-refractivity contribution >= 4 is 16.7 Å². The number of nitrogens with zero attached hydrogens (tertiary/aromatic N) is 1. The van der Waals surface area contributed by atoms with Crippen molar-refractivity contribution in [2.24, 2.45) is 5.92 Å². The van der Waals surface area contributed by atoms with Gasteiger partial charge in [0.1, 0.15) is 5.78 Å². The van der Waals surface area contributed by atoms with Crippen LogP contribution in [-0.4, -0.2) is 10.8 Å². The number of carbonyl (C=O) groups excluding carboxylic acids is 1. The topological polar surface area (TPSA) is 30.0 Å². The van der Waals surface area contributed by atoms with Crippen LogP contribution in [-0.2, 0) is 11.2 Å². The molecule has 1 unspecified atom stereocenters. The van der Waals surface area contributed by atoms with Crippen molar-refractivity contribution in [3.8, 4) is 0 Å². The molecule has 0 aliphatic rings. The van der Waals surface area contributed by atoms with E-state index < -0.39 is 0 Å². The van der Waals surface area contributed by atoms with Crippen LogP contribution in [0.15, 0.2) is 36.4 Å². The molecule has 0 aliphatic heterocycles. The van der Waals surface area contributed by atoms with Crippen LogP contribution in [0.25, 0.3) is 10.9 Å². The highest BCUT2D eigenvalue weighted by Crippen LogP contribution is 2.15. The van der Waals surface area contributed by atoms with Crippen molar-refractivity contribution in [2.75, 3.05) is 0 Å². The van der Waals surface area contributed by atoms with Gasteiger partial charge in [0.15, 0.2) is 0 Å². The standard InChI is InChI=1S/C15H17NO/c1-3-15(17)11(2)10-13-9-8-12-6-4-5-7-14(12)16-13/h4-9,11H,3,10H2,1-2H3. The molecule has 2 aromatic rings. The molecule has 2 nitrogen and oxygen atoms in total. The Morgan fingerprint density at radius 2 is 2.00 bits per heavy atom. The maximum Gasteiger partial charge on any atom is 0.135 e. The predicted molar refractivity (Wildman–Crippen MR) is 69.9 cm³/mol. The Bertz CT molecular complexity index is 533. The first-order chi connectivity index (χ1) is 8.20. The normalized spacial score (nSPS) is 12.6. The van der Waals surface area contributed by atoms with Crippen LogP contribution in [0.3, 0.4) is 0 Å². The summed E-state index contributed by atoms with van der Waals surface area (Å²) >= 11 is 0. The Balaban J connectivity index is 2.22. The van der Waals surface area contributed by atoms with E-state index in [0.29, 0.717) is 12.2 Å². The molecular weight excluding hydrogens is 210 g/mol. The van der Waals surface area contributed by atoms with Crippen LogP contribution in [0, 0.1) is 5.92 Å². The van der Waals surface area contributed by atoms with Gasteiger partial charge in [-0.3, -0.25) is 9.78 Å². The minimum atomic E-state index is 0.0636. The van der Waals surface area contributed by atoms with Gasteiger partial charge in [-0.1, -0.05) is 38.1 Å². The van der Waals surface area contributed by atoms with E-state index in [1.165, 1.54) is 0 Å². The van der Waals surface area contributed by atoms with E-state index in [1.54, 1.807) is 0 Å². The summed E-state index contributed by atoms with van der Waals surface area (Å²) in [6.45, 7) is 3.88. The molecule has 2 heteroatoms. The number of Topliss-reactive ketones (excluding diaryl/α,β-unsaturated/α-hetero) is 1. The third-order valence-electron chi connectivity index (χ3n) is 3.07. The Morgan fingerprint density at radius 3 is 2.76 bits per heavy atom. The number of ketones is 1. The van der Waals surface area contributed by atoms with E-state index in [-0.39, 0.29) is 5.92 Å². The number of fused-ring (bicyclic) bond motifs is 1. The van der Waals surface area contributed by atoms with Crippen molar-refractivity contribution < 1.29 is 4.79 Å². The zero-order valence-electron chi connectivity index (χ0n) is 10.3. The fraction of sp³-hybridized carbons (Fsp3) is 0.333. The number of aromatic nitrogens is 1. The molecule has 1 aromatic carbocycles. The van der Waals surface area contributed by atoms with Gasteiger partial charge < -0.3 is 0 Å². The first kappa shape index (κ1) is 11.8. The monoisotopic (exact) mass is 227 g/mol. The Labute approximate surface area is 102 Å². The molecule has 17 heavy (non-hydrogen) atoms. The second kappa shape index (κ2) is 5.09. The fourth-order valence-electron chi connectivity index (χ4n) is 2.00. The number of benzene rings is 1. The Hall–Kier alpha value is -1.70. The summed E-state index contributed by atoms with van der Waals surface area (Å²) < 4.78 is 0. The minimum Gasteiger partial charge on any atom is -0.299 e. The third kappa shape index (κ3) is 2.70. The molecule has 0 saturated carbocycles. The van der Waals surface area contributed by atoms with Gasteiger partial charge in [-0.2, -0.15) is 0 Å².